The second kappa shape index (κ2) is 5.54. The third kappa shape index (κ3) is 2.79. The van der Waals surface area contributed by atoms with Gasteiger partial charge in [0, 0.05) is 24.3 Å². The Balaban J connectivity index is 1.74. The van der Waals surface area contributed by atoms with Gasteiger partial charge in [0.1, 0.15) is 0 Å². The van der Waals surface area contributed by atoms with Gasteiger partial charge in [-0.25, -0.2) is 0 Å². The molecule has 2 nitrogen and oxygen atoms in total. The molecule has 1 heterocycles. The molecule has 2 heteroatoms. The molecular weight excluding hydrogens is 232 g/mol. The number of fused-ring (bicyclic) bond motifs is 1. The van der Waals surface area contributed by atoms with E-state index in [2.05, 4.69) is 36.1 Å². The summed E-state index contributed by atoms with van der Waals surface area (Å²) in [5.74, 6) is 0.956. The molecule has 0 aromatic heterocycles. The number of hydrogen-bond acceptors (Lipinski definition) is 2. The number of hydrogen-bond donors (Lipinski definition) is 1. The molecule has 3 unspecified atom stereocenters. The summed E-state index contributed by atoms with van der Waals surface area (Å²) >= 11 is 0. The van der Waals surface area contributed by atoms with E-state index >= 15 is 0 Å². The van der Waals surface area contributed by atoms with Crippen LogP contribution in [0.4, 0.5) is 5.69 Å². The largest absolute Gasteiger partial charge is 0.368 e. The average molecular weight is 258 g/mol. The zero-order valence-corrected chi connectivity index (χ0v) is 12.0. The molecule has 19 heavy (non-hydrogen) atoms. The molecule has 1 saturated heterocycles. The van der Waals surface area contributed by atoms with E-state index in [0.29, 0.717) is 0 Å². The fourth-order valence-electron chi connectivity index (χ4n) is 3.97. The highest BCUT2D eigenvalue weighted by atomic mass is 15.2. The highest BCUT2D eigenvalue weighted by molar-refractivity contribution is 5.49. The first kappa shape index (κ1) is 13.0. The van der Waals surface area contributed by atoms with Crippen molar-refractivity contribution in [2.24, 2.45) is 11.7 Å². The molecule has 1 saturated carbocycles. The number of nitrogens with zero attached hydrogens (tertiary/aromatic N) is 1. The van der Waals surface area contributed by atoms with Gasteiger partial charge in [0.2, 0.25) is 0 Å². The van der Waals surface area contributed by atoms with E-state index in [1.165, 1.54) is 49.9 Å². The molecule has 1 aromatic carbocycles. The third-order valence-corrected chi connectivity index (χ3v) is 4.82. The number of benzene rings is 1. The van der Waals surface area contributed by atoms with Gasteiger partial charge in [-0.3, -0.25) is 0 Å². The van der Waals surface area contributed by atoms with Gasteiger partial charge < -0.3 is 10.6 Å². The third-order valence-electron chi connectivity index (χ3n) is 4.82. The SMILES string of the molecule is CC(N)Cc1ccc(N2CCCC3CCCC32)cc1. The standard InChI is InChI=1S/C17H26N2/c1-13(18)12-14-7-9-16(10-8-14)19-11-3-5-15-4-2-6-17(15)19/h7-10,13,15,17H,2-6,11-12,18H2,1H3. The quantitative estimate of drug-likeness (QED) is 0.901. The van der Waals surface area contributed by atoms with Gasteiger partial charge in [0.25, 0.3) is 0 Å². The van der Waals surface area contributed by atoms with Crippen LogP contribution in [0.1, 0.15) is 44.6 Å². The van der Waals surface area contributed by atoms with Crippen molar-refractivity contribution in [2.75, 3.05) is 11.4 Å². The van der Waals surface area contributed by atoms with E-state index in [9.17, 15) is 0 Å². The van der Waals surface area contributed by atoms with Gasteiger partial charge in [-0.2, -0.15) is 0 Å². The van der Waals surface area contributed by atoms with Crippen molar-refractivity contribution < 1.29 is 0 Å². The Morgan fingerprint density at radius 2 is 1.89 bits per heavy atom. The van der Waals surface area contributed by atoms with Crippen molar-refractivity contribution in [3.63, 3.8) is 0 Å². The summed E-state index contributed by atoms with van der Waals surface area (Å²) in [6, 6.07) is 10.2. The van der Waals surface area contributed by atoms with Crippen LogP contribution in [0, 0.1) is 5.92 Å². The topological polar surface area (TPSA) is 29.3 Å². The lowest BCUT2D eigenvalue weighted by Gasteiger charge is -2.39. The van der Waals surface area contributed by atoms with Crippen LogP contribution in [0.2, 0.25) is 0 Å². The maximum Gasteiger partial charge on any atom is 0.0368 e. The van der Waals surface area contributed by atoms with E-state index in [1.807, 2.05) is 0 Å². The second-order valence-corrected chi connectivity index (χ2v) is 6.44. The predicted molar refractivity (Wildman–Crippen MR) is 81.5 cm³/mol. The van der Waals surface area contributed by atoms with Crippen LogP contribution in [0.15, 0.2) is 24.3 Å². The molecule has 0 bridgehead atoms. The monoisotopic (exact) mass is 258 g/mol. The highest BCUT2D eigenvalue weighted by Crippen LogP contribution is 2.39. The lowest BCUT2D eigenvalue weighted by molar-refractivity contribution is 0.362. The van der Waals surface area contributed by atoms with E-state index in [0.717, 1.165) is 18.4 Å². The normalized spacial score (nSPS) is 28.2. The van der Waals surface area contributed by atoms with Crippen LogP contribution in [-0.4, -0.2) is 18.6 Å². The van der Waals surface area contributed by atoms with Crippen molar-refractivity contribution >= 4 is 5.69 Å². The van der Waals surface area contributed by atoms with Crippen LogP contribution in [-0.2, 0) is 6.42 Å². The van der Waals surface area contributed by atoms with Gasteiger partial charge in [0.15, 0.2) is 0 Å². The maximum absolute atomic E-state index is 5.86. The summed E-state index contributed by atoms with van der Waals surface area (Å²) in [5, 5.41) is 0. The van der Waals surface area contributed by atoms with Gasteiger partial charge >= 0.3 is 0 Å². The fraction of sp³-hybridized carbons (Fsp3) is 0.647. The summed E-state index contributed by atoms with van der Waals surface area (Å²) in [4.78, 5) is 2.66. The minimum Gasteiger partial charge on any atom is -0.368 e. The van der Waals surface area contributed by atoms with Crippen LogP contribution >= 0.6 is 0 Å². The molecule has 0 amide bonds. The van der Waals surface area contributed by atoms with E-state index in [1.54, 1.807) is 0 Å². The first-order chi connectivity index (χ1) is 9.24. The second-order valence-electron chi connectivity index (χ2n) is 6.44. The molecule has 2 aliphatic rings. The number of anilines is 1. The zero-order valence-electron chi connectivity index (χ0n) is 12.0. The minimum absolute atomic E-state index is 0.250. The Morgan fingerprint density at radius 1 is 1.16 bits per heavy atom. The lowest BCUT2D eigenvalue weighted by Crippen LogP contribution is -2.42. The molecule has 2 N–H and O–H groups in total. The summed E-state index contributed by atoms with van der Waals surface area (Å²) in [6.07, 6.45) is 8.06. The number of nitrogens with two attached hydrogens (primary N) is 1. The van der Waals surface area contributed by atoms with E-state index < -0.39 is 0 Å². The summed E-state index contributed by atoms with van der Waals surface area (Å²) in [5.41, 5.74) is 8.65. The molecule has 2 fully saturated rings. The molecule has 3 rings (SSSR count). The summed E-state index contributed by atoms with van der Waals surface area (Å²) in [6.45, 7) is 3.31. The van der Waals surface area contributed by atoms with E-state index in [4.69, 9.17) is 5.73 Å². The van der Waals surface area contributed by atoms with Crippen LogP contribution in [0.3, 0.4) is 0 Å². The average Bonchev–Trinajstić information content (AvgIpc) is 2.87. The Hall–Kier alpha value is -1.02. The molecule has 1 aliphatic carbocycles. The highest BCUT2D eigenvalue weighted by Gasteiger charge is 2.34. The first-order valence-electron chi connectivity index (χ1n) is 7.85. The number of piperidine rings is 1. The molecule has 3 atom stereocenters. The van der Waals surface area contributed by atoms with Gasteiger partial charge in [-0.1, -0.05) is 18.6 Å². The van der Waals surface area contributed by atoms with Crippen molar-refractivity contribution in [1.82, 2.24) is 0 Å². The van der Waals surface area contributed by atoms with Crippen LogP contribution < -0.4 is 10.6 Å². The minimum atomic E-state index is 0.250. The molecule has 0 radical (unpaired) electrons. The molecular formula is C17H26N2. The Kier molecular flexibility index (Phi) is 3.79. The Morgan fingerprint density at radius 3 is 2.63 bits per heavy atom. The maximum atomic E-state index is 5.86. The summed E-state index contributed by atoms with van der Waals surface area (Å²) < 4.78 is 0. The molecule has 1 aromatic rings. The Labute approximate surface area is 117 Å². The van der Waals surface area contributed by atoms with Gasteiger partial charge in [0.05, 0.1) is 0 Å². The summed E-state index contributed by atoms with van der Waals surface area (Å²) in [7, 11) is 0. The predicted octanol–water partition coefficient (Wildman–Crippen LogP) is 3.35. The number of rotatable bonds is 3. The van der Waals surface area contributed by atoms with Crippen molar-refractivity contribution in [2.45, 2.75) is 57.5 Å². The fourth-order valence-corrected chi connectivity index (χ4v) is 3.97. The van der Waals surface area contributed by atoms with Crippen molar-refractivity contribution in [3.05, 3.63) is 29.8 Å². The van der Waals surface area contributed by atoms with Crippen molar-refractivity contribution in [3.8, 4) is 0 Å². The molecule has 1 aliphatic heterocycles. The van der Waals surface area contributed by atoms with Crippen LogP contribution in [0.25, 0.3) is 0 Å². The first-order valence-corrected chi connectivity index (χ1v) is 7.85. The molecule has 104 valence electrons. The van der Waals surface area contributed by atoms with Crippen molar-refractivity contribution in [1.29, 1.82) is 0 Å². The van der Waals surface area contributed by atoms with Gasteiger partial charge in [-0.05, 0) is 62.6 Å². The lowest BCUT2D eigenvalue weighted by atomic mass is 9.91. The van der Waals surface area contributed by atoms with Crippen LogP contribution in [0.5, 0.6) is 0 Å². The van der Waals surface area contributed by atoms with Gasteiger partial charge in [-0.15, -0.1) is 0 Å². The van der Waals surface area contributed by atoms with E-state index in [-0.39, 0.29) is 6.04 Å². The smallest absolute Gasteiger partial charge is 0.0368 e. The molecule has 0 spiro atoms. The Bertz CT molecular complexity index is 410. The zero-order chi connectivity index (χ0) is 13.2.